The van der Waals surface area contributed by atoms with Crippen molar-refractivity contribution in [2.45, 2.75) is 5.75 Å². The maximum atomic E-state index is 11.1. The van der Waals surface area contributed by atoms with Crippen LogP contribution in [0.1, 0.15) is 5.56 Å². The zero-order valence-electron chi connectivity index (χ0n) is 9.18. The molecule has 0 heterocycles. The zero-order valence-corrected chi connectivity index (χ0v) is 10.8. The highest BCUT2D eigenvalue weighted by molar-refractivity contribution is 8.13. The Morgan fingerprint density at radius 3 is 2.35 bits per heavy atom. The third-order valence-electron chi connectivity index (χ3n) is 2.52. The van der Waals surface area contributed by atoms with Crippen molar-refractivity contribution >= 4 is 30.5 Å². The lowest BCUT2D eigenvalue weighted by molar-refractivity contribution is 0.419. The summed E-state index contributed by atoms with van der Waals surface area (Å²) in [6, 6.07) is 10.9. The van der Waals surface area contributed by atoms with Crippen molar-refractivity contribution in [1.82, 2.24) is 0 Å². The second-order valence-electron chi connectivity index (χ2n) is 3.66. The third kappa shape index (κ3) is 2.70. The molecule has 0 aliphatic heterocycles. The molecule has 90 valence electrons. The van der Waals surface area contributed by atoms with E-state index in [-0.39, 0.29) is 5.75 Å². The quantitative estimate of drug-likeness (QED) is 0.806. The summed E-state index contributed by atoms with van der Waals surface area (Å²) in [4.78, 5) is 0. The fourth-order valence-corrected chi connectivity index (χ4v) is 2.80. The molecule has 2 aromatic rings. The number of methoxy groups -OCH3 is 1. The lowest BCUT2D eigenvalue weighted by Crippen LogP contribution is -1.97. The first-order valence-corrected chi connectivity index (χ1v) is 7.46. The van der Waals surface area contributed by atoms with Crippen LogP contribution in [0.3, 0.4) is 0 Å². The van der Waals surface area contributed by atoms with E-state index in [1.54, 1.807) is 19.2 Å². The summed E-state index contributed by atoms with van der Waals surface area (Å²) in [7, 11) is 3.31. The second kappa shape index (κ2) is 4.55. The molecule has 17 heavy (non-hydrogen) atoms. The van der Waals surface area contributed by atoms with E-state index in [2.05, 4.69) is 0 Å². The number of hydrogen-bond acceptors (Lipinski definition) is 3. The number of halogens is 1. The van der Waals surface area contributed by atoms with E-state index in [0.717, 1.165) is 16.5 Å². The van der Waals surface area contributed by atoms with E-state index in [1.165, 1.54) is 0 Å². The highest BCUT2D eigenvalue weighted by atomic mass is 35.7. The van der Waals surface area contributed by atoms with Crippen LogP contribution in [0.2, 0.25) is 0 Å². The van der Waals surface area contributed by atoms with E-state index in [9.17, 15) is 8.42 Å². The number of fused-ring (bicyclic) bond motifs is 1. The summed E-state index contributed by atoms with van der Waals surface area (Å²) in [6.45, 7) is 0. The maximum absolute atomic E-state index is 11.1. The maximum Gasteiger partial charge on any atom is 0.236 e. The summed E-state index contributed by atoms with van der Waals surface area (Å²) in [6.07, 6.45) is 0. The van der Waals surface area contributed by atoms with Gasteiger partial charge in [0.2, 0.25) is 9.05 Å². The predicted octanol–water partition coefficient (Wildman–Crippen LogP) is 2.92. The zero-order chi connectivity index (χ0) is 12.5. The van der Waals surface area contributed by atoms with Gasteiger partial charge in [0.05, 0.1) is 12.9 Å². The molecular weight excluding hydrogens is 260 g/mol. The minimum absolute atomic E-state index is 0.181. The molecule has 0 atom stereocenters. The van der Waals surface area contributed by atoms with Crippen LogP contribution in [-0.4, -0.2) is 15.5 Å². The normalized spacial score (nSPS) is 11.6. The molecular formula is C12H11ClO3S. The van der Waals surface area contributed by atoms with Crippen LogP contribution in [0.25, 0.3) is 10.8 Å². The van der Waals surface area contributed by atoms with Crippen molar-refractivity contribution in [3.8, 4) is 5.75 Å². The summed E-state index contributed by atoms with van der Waals surface area (Å²) < 4.78 is 27.5. The molecule has 0 saturated heterocycles. The van der Waals surface area contributed by atoms with E-state index >= 15 is 0 Å². The second-order valence-corrected chi connectivity index (χ2v) is 6.43. The van der Waals surface area contributed by atoms with Gasteiger partial charge < -0.3 is 4.74 Å². The van der Waals surface area contributed by atoms with Crippen molar-refractivity contribution < 1.29 is 13.2 Å². The number of hydrogen-bond donors (Lipinski definition) is 0. The Bertz CT molecular complexity index is 650. The molecule has 5 heteroatoms. The van der Waals surface area contributed by atoms with Gasteiger partial charge in [-0.05, 0) is 17.0 Å². The molecule has 0 N–H and O–H groups in total. The first-order valence-electron chi connectivity index (χ1n) is 4.98. The summed E-state index contributed by atoms with van der Waals surface area (Å²) in [5, 5.41) is 1.73. The van der Waals surface area contributed by atoms with Crippen LogP contribution in [0.15, 0.2) is 36.4 Å². The smallest absolute Gasteiger partial charge is 0.236 e. The van der Waals surface area contributed by atoms with Crippen molar-refractivity contribution in [1.29, 1.82) is 0 Å². The largest absolute Gasteiger partial charge is 0.496 e. The first-order chi connectivity index (χ1) is 8.01. The minimum Gasteiger partial charge on any atom is -0.496 e. The molecule has 3 nitrogen and oxygen atoms in total. The van der Waals surface area contributed by atoms with Gasteiger partial charge in [-0.15, -0.1) is 0 Å². The standard InChI is InChI=1S/C12H11ClO3S/c1-16-12-7-6-9(8-17(13,14)15)10-4-2-3-5-11(10)12/h2-7H,8H2,1H3. The van der Waals surface area contributed by atoms with E-state index in [4.69, 9.17) is 15.4 Å². The Hall–Kier alpha value is -1.26. The van der Waals surface area contributed by atoms with Crippen LogP contribution < -0.4 is 4.74 Å². The van der Waals surface area contributed by atoms with Gasteiger partial charge >= 0.3 is 0 Å². The fraction of sp³-hybridized carbons (Fsp3) is 0.167. The SMILES string of the molecule is COc1ccc(CS(=O)(=O)Cl)c2ccccc12. The molecule has 0 fully saturated rings. The summed E-state index contributed by atoms with van der Waals surface area (Å²) in [5.74, 6) is 0.537. The highest BCUT2D eigenvalue weighted by Crippen LogP contribution is 2.29. The van der Waals surface area contributed by atoms with E-state index in [0.29, 0.717) is 5.56 Å². The predicted molar refractivity (Wildman–Crippen MR) is 69.0 cm³/mol. The molecule has 0 amide bonds. The summed E-state index contributed by atoms with van der Waals surface area (Å²) >= 11 is 0. The number of rotatable bonds is 3. The topological polar surface area (TPSA) is 43.4 Å². The van der Waals surface area contributed by atoms with Crippen LogP contribution in [-0.2, 0) is 14.8 Å². The number of benzene rings is 2. The van der Waals surface area contributed by atoms with Crippen LogP contribution in [0, 0.1) is 0 Å². The molecule has 0 radical (unpaired) electrons. The molecule has 2 rings (SSSR count). The Balaban J connectivity index is 2.67. The van der Waals surface area contributed by atoms with Gasteiger partial charge in [0.1, 0.15) is 5.75 Å². The van der Waals surface area contributed by atoms with Crippen molar-refractivity contribution in [2.24, 2.45) is 0 Å². The van der Waals surface area contributed by atoms with Crippen molar-refractivity contribution in [3.05, 3.63) is 42.0 Å². The molecule has 0 unspecified atom stereocenters. The average molecular weight is 271 g/mol. The van der Waals surface area contributed by atoms with Crippen LogP contribution in [0.4, 0.5) is 0 Å². The van der Waals surface area contributed by atoms with Gasteiger partial charge in [-0.1, -0.05) is 30.3 Å². The molecule has 0 aromatic heterocycles. The van der Waals surface area contributed by atoms with Gasteiger partial charge in [-0.3, -0.25) is 0 Å². The molecule has 0 aliphatic carbocycles. The van der Waals surface area contributed by atoms with Crippen molar-refractivity contribution in [2.75, 3.05) is 7.11 Å². The molecule has 2 aromatic carbocycles. The molecule has 0 bridgehead atoms. The monoisotopic (exact) mass is 270 g/mol. The molecule has 0 aliphatic rings. The van der Waals surface area contributed by atoms with Gasteiger partial charge in [0, 0.05) is 16.1 Å². The van der Waals surface area contributed by atoms with Crippen molar-refractivity contribution in [3.63, 3.8) is 0 Å². The summed E-state index contributed by atoms with van der Waals surface area (Å²) in [5.41, 5.74) is 0.677. The number of ether oxygens (including phenoxy) is 1. The third-order valence-corrected chi connectivity index (χ3v) is 3.51. The highest BCUT2D eigenvalue weighted by Gasteiger charge is 2.12. The average Bonchev–Trinajstić information content (AvgIpc) is 2.28. The Morgan fingerprint density at radius 1 is 1.12 bits per heavy atom. The molecule has 0 spiro atoms. The fourth-order valence-electron chi connectivity index (χ4n) is 1.82. The Morgan fingerprint density at radius 2 is 1.76 bits per heavy atom. The van der Waals surface area contributed by atoms with E-state index < -0.39 is 9.05 Å². The Kier molecular flexibility index (Phi) is 3.26. The lowest BCUT2D eigenvalue weighted by Gasteiger charge is -2.09. The van der Waals surface area contributed by atoms with Gasteiger partial charge in [-0.25, -0.2) is 8.42 Å². The molecule has 0 saturated carbocycles. The van der Waals surface area contributed by atoms with Gasteiger partial charge in [-0.2, -0.15) is 0 Å². The van der Waals surface area contributed by atoms with Gasteiger partial charge in [0.15, 0.2) is 0 Å². The lowest BCUT2D eigenvalue weighted by atomic mass is 10.0. The minimum atomic E-state index is -3.56. The van der Waals surface area contributed by atoms with Gasteiger partial charge in [0.25, 0.3) is 0 Å². The Labute approximate surface area is 104 Å². The van der Waals surface area contributed by atoms with E-state index in [1.807, 2.05) is 24.3 Å². The van der Waals surface area contributed by atoms with Crippen LogP contribution in [0.5, 0.6) is 5.75 Å². The van der Waals surface area contributed by atoms with Crippen LogP contribution >= 0.6 is 10.7 Å². The first kappa shape index (κ1) is 12.2.